The van der Waals surface area contributed by atoms with Crippen molar-refractivity contribution in [3.8, 4) is 17.1 Å². The van der Waals surface area contributed by atoms with Gasteiger partial charge in [-0.1, -0.05) is 23.2 Å². The van der Waals surface area contributed by atoms with E-state index in [1.165, 1.54) is 13.2 Å². The summed E-state index contributed by atoms with van der Waals surface area (Å²) in [4.78, 5) is 12.6. The molecule has 0 atom stereocenters. The Morgan fingerprint density at radius 1 is 1.15 bits per heavy atom. The number of benzene rings is 2. The molecule has 1 heterocycles. The molecule has 0 aliphatic rings. The van der Waals surface area contributed by atoms with Gasteiger partial charge in [0, 0.05) is 10.6 Å². The predicted molar refractivity (Wildman–Crippen MR) is 101 cm³/mol. The number of carbonyl (C=O) groups is 1. The van der Waals surface area contributed by atoms with Crippen molar-refractivity contribution >= 4 is 34.8 Å². The third-order valence-electron chi connectivity index (χ3n) is 3.73. The van der Waals surface area contributed by atoms with Crippen molar-refractivity contribution in [1.29, 1.82) is 0 Å². The number of hydrogen-bond acceptors (Lipinski definition) is 4. The van der Waals surface area contributed by atoms with Crippen LogP contribution < -0.4 is 10.1 Å². The molecular weight excluding hydrogens is 377 g/mol. The van der Waals surface area contributed by atoms with Crippen molar-refractivity contribution in [2.75, 3.05) is 12.4 Å². The first-order valence-corrected chi connectivity index (χ1v) is 8.42. The van der Waals surface area contributed by atoms with Crippen molar-refractivity contribution in [2.45, 2.75) is 6.61 Å². The zero-order valence-electron chi connectivity index (χ0n) is 13.8. The molecule has 26 heavy (non-hydrogen) atoms. The summed E-state index contributed by atoms with van der Waals surface area (Å²) in [6.45, 7) is -0.186. The molecule has 0 aliphatic carbocycles. The van der Waals surface area contributed by atoms with E-state index in [0.29, 0.717) is 33.5 Å². The summed E-state index contributed by atoms with van der Waals surface area (Å²) in [6, 6.07) is 13.3. The number of methoxy groups -OCH3 is 1. The largest absolute Gasteiger partial charge is 0.495 e. The monoisotopic (exact) mass is 391 g/mol. The van der Waals surface area contributed by atoms with E-state index in [2.05, 4.69) is 5.32 Å². The van der Waals surface area contributed by atoms with Crippen LogP contribution in [0.25, 0.3) is 11.3 Å². The van der Waals surface area contributed by atoms with Gasteiger partial charge < -0.3 is 19.6 Å². The first kappa shape index (κ1) is 18.3. The SMILES string of the molecule is COc1ccc(-c2ccc(CO)o2)cc1NC(=O)c1ccc(Cl)cc1Cl. The van der Waals surface area contributed by atoms with Crippen LogP contribution in [0.2, 0.25) is 10.0 Å². The van der Waals surface area contributed by atoms with Gasteiger partial charge in [0.25, 0.3) is 5.91 Å². The van der Waals surface area contributed by atoms with Gasteiger partial charge in [-0.05, 0) is 48.5 Å². The second-order valence-electron chi connectivity index (χ2n) is 5.42. The van der Waals surface area contributed by atoms with Crippen LogP contribution >= 0.6 is 23.2 Å². The van der Waals surface area contributed by atoms with Crippen LogP contribution in [0.3, 0.4) is 0 Å². The van der Waals surface area contributed by atoms with E-state index in [4.69, 9.17) is 37.5 Å². The van der Waals surface area contributed by atoms with Gasteiger partial charge in [0.15, 0.2) is 0 Å². The molecule has 3 aromatic rings. The number of amides is 1. The summed E-state index contributed by atoms with van der Waals surface area (Å²) < 4.78 is 10.8. The molecule has 2 N–H and O–H groups in total. The first-order valence-electron chi connectivity index (χ1n) is 7.66. The number of halogens is 2. The lowest BCUT2D eigenvalue weighted by molar-refractivity contribution is 0.102. The summed E-state index contributed by atoms with van der Waals surface area (Å²) in [5, 5.41) is 12.6. The molecule has 0 fully saturated rings. The summed E-state index contributed by atoms with van der Waals surface area (Å²) in [6.07, 6.45) is 0. The van der Waals surface area contributed by atoms with Crippen molar-refractivity contribution in [3.05, 3.63) is 69.9 Å². The highest BCUT2D eigenvalue weighted by Gasteiger charge is 2.15. The van der Waals surface area contributed by atoms with Crippen LogP contribution in [-0.4, -0.2) is 18.1 Å². The molecule has 0 spiro atoms. The highest BCUT2D eigenvalue weighted by Crippen LogP contribution is 2.32. The lowest BCUT2D eigenvalue weighted by Crippen LogP contribution is -2.13. The Balaban J connectivity index is 1.92. The molecule has 7 heteroatoms. The lowest BCUT2D eigenvalue weighted by atomic mass is 10.1. The molecule has 0 radical (unpaired) electrons. The number of furan rings is 1. The smallest absolute Gasteiger partial charge is 0.257 e. The average molecular weight is 392 g/mol. The molecule has 0 saturated heterocycles. The van der Waals surface area contributed by atoms with Gasteiger partial charge in [-0.25, -0.2) is 0 Å². The molecule has 0 unspecified atom stereocenters. The Bertz CT molecular complexity index is 952. The van der Waals surface area contributed by atoms with Gasteiger partial charge in [-0.3, -0.25) is 4.79 Å². The van der Waals surface area contributed by atoms with Gasteiger partial charge in [0.1, 0.15) is 23.9 Å². The van der Waals surface area contributed by atoms with E-state index in [0.717, 1.165) is 5.56 Å². The fraction of sp³-hybridized carbons (Fsp3) is 0.105. The number of anilines is 1. The van der Waals surface area contributed by atoms with Gasteiger partial charge >= 0.3 is 0 Å². The Labute approximate surface area is 160 Å². The standard InChI is InChI=1S/C19H15Cl2NO4/c1-25-18-6-2-11(17-7-4-13(10-23)26-17)8-16(18)22-19(24)14-5-3-12(20)9-15(14)21/h2-9,23H,10H2,1H3,(H,22,24). The third-order valence-corrected chi connectivity index (χ3v) is 4.27. The Morgan fingerprint density at radius 2 is 1.96 bits per heavy atom. The number of aliphatic hydroxyl groups excluding tert-OH is 1. The van der Waals surface area contributed by atoms with Crippen molar-refractivity contribution < 1.29 is 19.1 Å². The van der Waals surface area contributed by atoms with E-state index in [1.807, 2.05) is 0 Å². The maximum atomic E-state index is 12.6. The van der Waals surface area contributed by atoms with E-state index >= 15 is 0 Å². The maximum absolute atomic E-state index is 12.6. The van der Waals surface area contributed by atoms with E-state index in [1.54, 1.807) is 42.5 Å². The molecule has 5 nitrogen and oxygen atoms in total. The average Bonchev–Trinajstić information content (AvgIpc) is 3.10. The highest BCUT2D eigenvalue weighted by atomic mass is 35.5. The molecule has 3 rings (SSSR count). The minimum atomic E-state index is -0.391. The molecule has 0 saturated carbocycles. The zero-order chi connectivity index (χ0) is 18.7. The zero-order valence-corrected chi connectivity index (χ0v) is 15.3. The summed E-state index contributed by atoms with van der Waals surface area (Å²) in [7, 11) is 1.51. The fourth-order valence-electron chi connectivity index (χ4n) is 2.44. The van der Waals surface area contributed by atoms with Crippen LogP contribution in [0, 0.1) is 0 Å². The molecule has 2 aromatic carbocycles. The van der Waals surface area contributed by atoms with Gasteiger partial charge in [0.05, 0.1) is 23.4 Å². The van der Waals surface area contributed by atoms with Gasteiger partial charge in [0.2, 0.25) is 0 Å². The fourth-order valence-corrected chi connectivity index (χ4v) is 2.93. The van der Waals surface area contributed by atoms with E-state index < -0.39 is 5.91 Å². The number of nitrogens with one attached hydrogen (secondary N) is 1. The molecule has 0 bridgehead atoms. The minimum Gasteiger partial charge on any atom is -0.495 e. The second-order valence-corrected chi connectivity index (χ2v) is 6.26. The molecule has 1 aromatic heterocycles. The van der Waals surface area contributed by atoms with E-state index in [-0.39, 0.29) is 11.6 Å². The van der Waals surface area contributed by atoms with Crippen LogP contribution in [0.4, 0.5) is 5.69 Å². The number of rotatable bonds is 5. The highest BCUT2D eigenvalue weighted by molar-refractivity contribution is 6.37. The molecule has 1 amide bonds. The minimum absolute atomic E-state index is 0.186. The van der Waals surface area contributed by atoms with Crippen molar-refractivity contribution in [2.24, 2.45) is 0 Å². The summed E-state index contributed by atoms with van der Waals surface area (Å²) in [5.41, 5.74) is 1.48. The Morgan fingerprint density at radius 3 is 2.62 bits per heavy atom. The maximum Gasteiger partial charge on any atom is 0.257 e. The summed E-state index contributed by atoms with van der Waals surface area (Å²) in [5.74, 6) is 1.12. The Hall–Kier alpha value is -2.47. The first-order chi connectivity index (χ1) is 12.5. The Kier molecular flexibility index (Phi) is 5.52. The lowest BCUT2D eigenvalue weighted by Gasteiger charge is -2.12. The van der Waals surface area contributed by atoms with Crippen LogP contribution in [0.1, 0.15) is 16.1 Å². The van der Waals surface area contributed by atoms with Gasteiger partial charge in [-0.2, -0.15) is 0 Å². The van der Waals surface area contributed by atoms with Gasteiger partial charge in [-0.15, -0.1) is 0 Å². The van der Waals surface area contributed by atoms with Crippen molar-refractivity contribution in [3.63, 3.8) is 0 Å². The summed E-state index contributed by atoms with van der Waals surface area (Å²) >= 11 is 12.0. The quantitative estimate of drug-likeness (QED) is 0.641. The second kappa shape index (κ2) is 7.83. The molecule has 134 valence electrons. The number of carbonyl (C=O) groups excluding carboxylic acids is 1. The molecular formula is C19H15Cl2NO4. The van der Waals surface area contributed by atoms with Crippen molar-refractivity contribution in [1.82, 2.24) is 0 Å². The molecule has 0 aliphatic heterocycles. The van der Waals surface area contributed by atoms with E-state index in [9.17, 15) is 4.79 Å². The number of hydrogen-bond donors (Lipinski definition) is 2. The van der Waals surface area contributed by atoms with Crippen LogP contribution in [-0.2, 0) is 6.61 Å². The van der Waals surface area contributed by atoms with Crippen LogP contribution in [0.15, 0.2) is 52.9 Å². The normalized spacial score (nSPS) is 10.6. The topological polar surface area (TPSA) is 71.7 Å². The predicted octanol–water partition coefficient (Wildman–Crippen LogP) is 5.01. The number of ether oxygens (including phenoxy) is 1. The van der Waals surface area contributed by atoms with Crippen LogP contribution in [0.5, 0.6) is 5.75 Å². The third kappa shape index (κ3) is 3.85. The number of aliphatic hydroxyl groups is 1.